The summed E-state index contributed by atoms with van der Waals surface area (Å²) >= 11 is 5.11. The zero-order valence-corrected chi connectivity index (χ0v) is 15.5. The van der Waals surface area contributed by atoms with Gasteiger partial charge in [-0.3, -0.25) is 4.79 Å². The van der Waals surface area contributed by atoms with Gasteiger partial charge in [0.05, 0.1) is 6.04 Å². The van der Waals surface area contributed by atoms with Crippen LogP contribution >= 0.6 is 27.3 Å². The van der Waals surface area contributed by atoms with Crippen molar-refractivity contribution >= 4 is 33.2 Å². The van der Waals surface area contributed by atoms with Crippen molar-refractivity contribution < 1.29 is 4.79 Å². The standard InChI is InChI=1S/C19H17BrN2OS/c20-16-6-4-14(5-7-16)19(23)22-11-2-10-21-9-1-3-17(21)18(22)15-8-12-24-13-15/h1,3-9,12-13,18H,2,10-11H2. The zero-order valence-electron chi connectivity index (χ0n) is 13.1. The molecular formula is C19H17BrN2OS. The molecule has 3 nitrogen and oxygen atoms in total. The molecule has 122 valence electrons. The predicted octanol–water partition coefficient (Wildman–Crippen LogP) is 4.95. The van der Waals surface area contributed by atoms with Gasteiger partial charge < -0.3 is 9.47 Å². The summed E-state index contributed by atoms with van der Waals surface area (Å²) in [6.45, 7) is 1.71. The third kappa shape index (κ3) is 2.82. The molecule has 24 heavy (non-hydrogen) atoms. The van der Waals surface area contributed by atoms with Crippen molar-refractivity contribution in [3.8, 4) is 0 Å². The third-order valence-electron chi connectivity index (χ3n) is 4.47. The molecule has 1 aromatic carbocycles. The topological polar surface area (TPSA) is 25.2 Å². The van der Waals surface area contributed by atoms with Crippen molar-refractivity contribution in [2.45, 2.75) is 19.0 Å². The second kappa shape index (κ2) is 6.57. The molecule has 0 saturated heterocycles. The van der Waals surface area contributed by atoms with Crippen LogP contribution in [0.5, 0.6) is 0 Å². The third-order valence-corrected chi connectivity index (χ3v) is 5.70. The number of hydrogen-bond acceptors (Lipinski definition) is 2. The summed E-state index contributed by atoms with van der Waals surface area (Å²) in [5.41, 5.74) is 3.11. The number of benzene rings is 1. The number of amides is 1. The summed E-state index contributed by atoms with van der Waals surface area (Å²) in [5.74, 6) is 0.0911. The lowest BCUT2D eigenvalue weighted by molar-refractivity contribution is 0.0710. The van der Waals surface area contributed by atoms with E-state index in [9.17, 15) is 4.79 Å². The molecule has 0 saturated carbocycles. The van der Waals surface area contributed by atoms with Crippen LogP contribution in [-0.2, 0) is 6.54 Å². The Bertz CT molecular complexity index is 839. The molecule has 0 spiro atoms. The first-order valence-electron chi connectivity index (χ1n) is 7.98. The summed E-state index contributed by atoms with van der Waals surface area (Å²) in [5, 5.41) is 4.23. The molecule has 3 heterocycles. The van der Waals surface area contributed by atoms with Crippen LogP contribution in [0.1, 0.15) is 34.1 Å². The van der Waals surface area contributed by atoms with E-state index in [1.165, 1.54) is 11.3 Å². The van der Waals surface area contributed by atoms with Gasteiger partial charge in [0.1, 0.15) is 0 Å². The molecule has 0 aliphatic carbocycles. The molecule has 1 aliphatic rings. The zero-order chi connectivity index (χ0) is 16.5. The number of carbonyl (C=O) groups is 1. The number of halogens is 1. The van der Waals surface area contributed by atoms with E-state index in [0.29, 0.717) is 0 Å². The highest BCUT2D eigenvalue weighted by Crippen LogP contribution is 2.34. The van der Waals surface area contributed by atoms with Crippen molar-refractivity contribution in [1.29, 1.82) is 0 Å². The fourth-order valence-electron chi connectivity index (χ4n) is 3.34. The molecule has 0 N–H and O–H groups in total. The summed E-state index contributed by atoms with van der Waals surface area (Å²) in [6, 6.07) is 13.9. The normalized spacial score (nSPS) is 17.4. The summed E-state index contributed by atoms with van der Waals surface area (Å²) in [4.78, 5) is 15.2. The summed E-state index contributed by atoms with van der Waals surface area (Å²) in [6.07, 6.45) is 3.08. The van der Waals surface area contributed by atoms with Gasteiger partial charge in [0, 0.05) is 35.0 Å². The van der Waals surface area contributed by atoms with Gasteiger partial charge in [-0.1, -0.05) is 15.9 Å². The smallest absolute Gasteiger partial charge is 0.254 e. The van der Waals surface area contributed by atoms with E-state index in [1.807, 2.05) is 29.2 Å². The number of fused-ring (bicyclic) bond motifs is 1. The van der Waals surface area contributed by atoms with Crippen molar-refractivity contribution in [3.63, 3.8) is 0 Å². The fourth-order valence-corrected chi connectivity index (χ4v) is 4.28. The average Bonchev–Trinajstić information content (AvgIpc) is 3.24. The van der Waals surface area contributed by atoms with Gasteiger partial charge in [-0.25, -0.2) is 0 Å². The van der Waals surface area contributed by atoms with Gasteiger partial charge in [-0.05, 0) is 65.2 Å². The van der Waals surface area contributed by atoms with Crippen molar-refractivity contribution in [1.82, 2.24) is 9.47 Å². The molecule has 0 radical (unpaired) electrons. The van der Waals surface area contributed by atoms with E-state index in [0.717, 1.165) is 29.5 Å². The van der Waals surface area contributed by atoms with Gasteiger partial charge in [-0.2, -0.15) is 11.3 Å². The highest BCUT2D eigenvalue weighted by atomic mass is 79.9. The maximum absolute atomic E-state index is 13.2. The number of nitrogens with zero attached hydrogens (tertiary/aromatic N) is 2. The number of aryl methyl sites for hydroxylation is 1. The SMILES string of the molecule is O=C(c1ccc(Br)cc1)N1CCCn2cccc2C1c1ccsc1. The Hall–Kier alpha value is -1.85. The quantitative estimate of drug-likeness (QED) is 0.597. The van der Waals surface area contributed by atoms with Crippen LogP contribution in [0, 0.1) is 0 Å². The Labute approximate surface area is 153 Å². The largest absolute Gasteiger partial charge is 0.349 e. The highest BCUT2D eigenvalue weighted by Gasteiger charge is 2.31. The van der Waals surface area contributed by atoms with Crippen LogP contribution in [-0.4, -0.2) is 21.9 Å². The van der Waals surface area contributed by atoms with Gasteiger partial charge in [0.15, 0.2) is 0 Å². The first-order valence-corrected chi connectivity index (χ1v) is 9.71. The minimum atomic E-state index is -0.0232. The number of aromatic nitrogens is 1. The Balaban J connectivity index is 1.77. The van der Waals surface area contributed by atoms with E-state index < -0.39 is 0 Å². The molecule has 1 aliphatic heterocycles. The molecule has 5 heteroatoms. The fraction of sp³-hybridized carbons (Fsp3) is 0.211. The van der Waals surface area contributed by atoms with Crippen LogP contribution in [0.3, 0.4) is 0 Å². The summed E-state index contributed by atoms with van der Waals surface area (Å²) < 4.78 is 3.26. The lowest BCUT2D eigenvalue weighted by Crippen LogP contribution is -2.35. The molecule has 2 aromatic heterocycles. The van der Waals surface area contributed by atoms with Crippen molar-refractivity contribution in [2.75, 3.05) is 6.54 Å². The van der Waals surface area contributed by atoms with Gasteiger partial charge in [0.2, 0.25) is 0 Å². The van der Waals surface area contributed by atoms with Gasteiger partial charge in [-0.15, -0.1) is 0 Å². The molecule has 4 rings (SSSR count). The molecule has 1 atom stereocenters. The number of hydrogen-bond donors (Lipinski definition) is 0. The van der Waals surface area contributed by atoms with Crippen molar-refractivity contribution in [3.05, 3.63) is 80.7 Å². The Morgan fingerprint density at radius 1 is 1.12 bits per heavy atom. The van der Waals surface area contributed by atoms with E-state index in [-0.39, 0.29) is 11.9 Å². The maximum Gasteiger partial charge on any atom is 0.254 e. The first-order chi connectivity index (χ1) is 11.7. The molecule has 3 aromatic rings. The van der Waals surface area contributed by atoms with Crippen LogP contribution in [0.25, 0.3) is 0 Å². The molecule has 1 amide bonds. The number of rotatable bonds is 2. The van der Waals surface area contributed by atoms with Crippen LogP contribution in [0.4, 0.5) is 0 Å². The molecule has 1 unspecified atom stereocenters. The maximum atomic E-state index is 13.2. The minimum Gasteiger partial charge on any atom is -0.349 e. The van der Waals surface area contributed by atoms with E-state index in [4.69, 9.17) is 0 Å². The summed E-state index contributed by atoms with van der Waals surface area (Å²) in [7, 11) is 0. The lowest BCUT2D eigenvalue weighted by atomic mass is 10.0. The van der Waals surface area contributed by atoms with E-state index in [1.54, 1.807) is 11.3 Å². The number of thiophene rings is 1. The Kier molecular flexibility index (Phi) is 4.29. The number of carbonyl (C=O) groups excluding carboxylic acids is 1. The lowest BCUT2D eigenvalue weighted by Gasteiger charge is -2.30. The van der Waals surface area contributed by atoms with Gasteiger partial charge in [0.25, 0.3) is 5.91 Å². The average molecular weight is 401 g/mol. The molecular weight excluding hydrogens is 384 g/mol. The van der Waals surface area contributed by atoms with Crippen molar-refractivity contribution in [2.24, 2.45) is 0 Å². The minimum absolute atomic E-state index is 0.0232. The van der Waals surface area contributed by atoms with E-state index in [2.05, 4.69) is 55.7 Å². The van der Waals surface area contributed by atoms with Gasteiger partial charge >= 0.3 is 0 Å². The Morgan fingerprint density at radius 2 is 1.96 bits per heavy atom. The van der Waals surface area contributed by atoms with E-state index >= 15 is 0 Å². The highest BCUT2D eigenvalue weighted by molar-refractivity contribution is 9.10. The predicted molar refractivity (Wildman–Crippen MR) is 100 cm³/mol. The second-order valence-electron chi connectivity index (χ2n) is 5.94. The monoisotopic (exact) mass is 400 g/mol. The van der Waals surface area contributed by atoms with Crippen LogP contribution < -0.4 is 0 Å². The van der Waals surface area contributed by atoms with Crippen LogP contribution in [0.15, 0.2) is 63.9 Å². The van der Waals surface area contributed by atoms with Crippen LogP contribution in [0.2, 0.25) is 0 Å². The molecule has 0 fully saturated rings. The Morgan fingerprint density at radius 3 is 2.71 bits per heavy atom. The first kappa shape index (κ1) is 15.7. The molecule has 0 bridgehead atoms. The second-order valence-corrected chi connectivity index (χ2v) is 7.64.